The third-order valence-corrected chi connectivity index (χ3v) is 4.82. The molecule has 0 aliphatic heterocycles. The molecule has 4 nitrogen and oxygen atoms in total. The van der Waals surface area contributed by atoms with Crippen LogP contribution in [0.1, 0.15) is 28.2 Å². The summed E-state index contributed by atoms with van der Waals surface area (Å²) in [4.78, 5) is 28.7. The second kappa shape index (κ2) is 5.94. The molecule has 6 heteroatoms. The highest BCUT2D eigenvalue weighted by molar-refractivity contribution is 7.16. The van der Waals surface area contributed by atoms with Crippen LogP contribution in [-0.4, -0.2) is 10.9 Å². The lowest BCUT2D eigenvalue weighted by atomic mass is 10.1. The normalized spacial score (nSPS) is 12.3. The van der Waals surface area contributed by atoms with E-state index in [-0.39, 0.29) is 17.0 Å². The van der Waals surface area contributed by atoms with Crippen LogP contribution in [-0.2, 0) is 0 Å². The number of carbonyl (C=O) groups excluding carboxylic acids is 1. The number of rotatable bonds is 3. The number of fused-ring (bicyclic) bond motifs is 1. The van der Waals surface area contributed by atoms with Crippen molar-refractivity contribution >= 4 is 39.7 Å². The number of amides is 1. The van der Waals surface area contributed by atoms with Crippen LogP contribution in [0.2, 0.25) is 4.34 Å². The minimum absolute atomic E-state index is 0.105. The molecule has 0 bridgehead atoms. The summed E-state index contributed by atoms with van der Waals surface area (Å²) in [6, 6.07) is 10.5. The number of hydrogen-bond donors (Lipinski definition) is 2. The number of thiophene rings is 1. The predicted octanol–water partition coefficient (Wildman–Crippen LogP) is 3.73. The van der Waals surface area contributed by atoms with Crippen LogP contribution in [0.4, 0.5) is 0 Å². The van der Waals surface area contributed by atoms with E-state index >= 15 is 0 Å². The number of aromatic amines is 1. The first-order valence-corrected chi connectivity index (χ1v) is 7.92. The lowest BCUT2D eigenvalue weighted by Gasteiger charge is -2.12. The number of benzene rings is 1. The van der Waals surface area contributed by atoms with Crippen molar-refractivity contribution in [1.82, 2.24) is 10.3 Å². The Morgan fingerprint density at radius 2 is 2.05 bits per heavy atom. The smallest absolute Gasteiger partial charge is 0.257 e. The van der Waals surface area contributed by atoms with E-state index in [9.17, 15) is 9.59 Å². The van der Waals surface area contributed by atoms with Crippen LogP contribution in [0.15, 0.2) is 47.4 Å². The molecule has 3 aromatic rings. The van der Waals surface area contributed by atoms with Gasteiger partial charge in [0.05, 0.1) is 10.4 Å². The Balaban J connectivity index is 1.89. The first kappa shape index (κ1) is 14.8. The number of para-hydroxylation sites is 1. The zero-order valence-electron chi connectivity index (χ0n) is 11.7. The van der Waals surface area contributed by atoms with Crippen molar-refractivity contribution in [2.75, 3.05) is 0 Å². The zero-order chi connectivity index (χ0) is 15.7. The number of H-pyrrole nitrogens is 1. The summed E-state index contributed by atoms with van der Waals surface area (Å²) in [5.74, 6) is -0.399. The highest BCUT2D eigenvalue weighted by atomic mass is 35.5. The zero-order valence-corrected chi connectivity index (χ0v) is 13.3. The predicted molar refractivity (Wildman–Crippen MR) is 89.8 cm³/mol. The van der Waals surface area contributed by atoms with Gasteiger partial charge in [0.2, 0.25) is 5.43 Å². The van der Waals surface area contributed by atoms with Crippen molar-refractivity contribution in [3.8, 4) is 0 Å². The minimum Gasteiger partial charge on any atom is -0.360 e. The van der Waals surface area contributed by atoms with Crippen molar-refractivity contribution in [2.45, 2.75) is 13.0 Å². The van der Waals surface area contributed by atoms with Gasteiger partial charge in [-0.15, -0.1) is 11.3 Å². The largest absolute Gasteiger partial charge is 0.360 e. The summed E-state index contributed by atoms with van der Waals surface area (Å²) >= 11 is 7.30. The number of nitrogens with one attached hydrogen (secondary N) is 2. The monoisotopic (exact) mass is 332 g/mol. The third kappa shape index (κ3) is 2.77. The number of halogens is 1. The molecule has 0 fully saturated rings. The van der Waals surface area contributed by atoms with Gasteiger partial charge in [-0.3, -0.25) is 9.59 Å². The highest BCUT2D eigenvalue weighted by Gasteiger charge is 2.16. The molecule has 2 heterocycles. The van der Waals surface area contributed by atoms with E-state index in [0.717, 1.165) is 4.88 Å². The molecule has 1 aromatic carbocycles. The topological polar surface area (TPSA) is 62.0 Å². The Bertz CT molecular complexity index is 900. The van der Waals surface area contributed by atoms with E-state index in [2.05, 4.69) is 10.3 Å². The van der Waals surface area contributed by atoms with E-state index in [0.29, 0.717) is 15.2 Å². The van der Waals surface area contributed by atoms with E-state index in [1.54, 1.807) is 24.3 Å². The molecule has 3 rings (SSSR count). The number of aromatic nitrogens is 1. The number of hydrogen-bond acceptors (Lipinski definition) is 3. The molecule has 1 amide bonds. The Labute approximate surface area is 135 Å². The van der Waals surface area contributed by atoms with Crippen molar-refractivity contribution in [3.63, 3.8) is 0 Å². The van der Waals surface area contributed by atoms with Gasteiger partial charge < -0.3 is 10.3 Å². The summed E-state index contributed by atoms with van der Waals surface area (Å²) in [5, 5.41) is 3.33. The van der Waals surface area contributed by atoms with Gasteiger partial charge in [0.1, 0.15) is 5.56 Å². The second-order valence-corrected chi connectivity index (χ2v) is 6.66. The van der Waals surface area contributed by atoms with Crippen LogP contribution < -0.4 is 10.7 Å². The summed E-state index contributed by atoms with van der Waals surface area (Å²) in [7, 11) is 0. The molecular weight excluding hydrogens is 320 g/mol. The molecule has 1 atom stereocenters. The fourth-order valence-electron chi connectivity index (χ4n) is 2.24. The summed E-state index contributed by atoms with van der Waals surface area (Å²) in [6.45, 7) is 1.86. The van der Waals surface area contributed by atoms with Gasteiger partial charge in [-0.1, -0.05) is 23.7 Å². The second-order valence-electron chi connectivity index (χ2n) is 4.91. The molecule has 0 radical (unpaired) electrons. The fraction of sp³-hybridized carbons (Fsp3) is 0.125. The first-order valence-electron chi connectivity index (χ1n) is 6.73. The van der Waals surface area contributed by atoms with Gasteiger partial charge in [0, 0.05) is 22.0 Å². The number of carbonyl (C=O) groups is 1. The maximum atomic E-state index is 12.4. The summed E-state index contributed by atoms with van der Waals surface area (Å²) in [6.07, 6.45) is 1.45. The summed E-state index contributed by atoms with van der Waals surface area (Å²) < 4.78 is 0.666. The van der Waals surface area contributed by atoms with E-state index < -0.39 is 5.91 Å². The Kier molecular flexibility index (Phi) is 4.00. The molecule has 0 saturated carbocycles. The lowest BCUT2D eigenvalue weighted by Crippen LogP contribution is -2.30. The van der Waals surface area contributed by atoms with Gasteiger partial charge in [-0.2, -0.15) is 0 Å². The van der Waals surface area contributed by atoms with Gasteiger partial charge >= 0.3 is 0 Å². The summed E-state index contributed by atoms with van der Waals surface area (Å²) in [5.41, 5.74) is 0.540. The van der Waals surface area contributed by atoms with Crippen LogP contribution >= 0.6 is 22.9 Å². The maximum Gasteiger partial charge on any atom is 0.257 e. The Hall–Kier alpha value is -2.11. The fourth-order valence-corrected chi connectivity index (χ4v) is 3.31. The van der Waals surface area contributed by atoms with Gasteiger partial charge in [0.15, 0.2) is 0 Å². The third-order valence-electron chi connectivity index (χ3n) is 3.40. The van der Waals surface area contributed by atoms with Crippen molar-refractivity contribution in [3.05, 3.63) is 67.6 Å². The Morgan fingerprint density at radius 1 is 1.27 bits per heavy atom. The quantitative estimate of drug-likeness (QED) is 0.767. The van der Waals surface area contributed by atoms with Crippen LogP contribution in [0.25, 0.3) is 10.9 Å². The van der Waals surface area contributed by atoms with Crippen molar-refractivity contribution < 1.29 is 4.79 Å². The highest BCUT2D eigenvalue weighted by Crippen LogP contribution is 2.26. The molecular formula is C16H13ClN2O2S. The van der Waals surface area contributed by atoms with Crippen LogP contribution in [0.5, 0.6) is 0 Å². The van der Waals surface area contributed by atoms with Gasteiger partial charge in [-0.25, -0.2) is 0 Å². The SMILES string of the molecule is C[C@H](NC(=O)c1c[nH]c2ccccc2c1=O)c1ccc(Cl)s1. The molecule has 0 aliphatic rings. The molecule has 0 spiro atoms. The lowest BCUT2D eigenvalue weighted by molar-refractivity contribution is 0.0939. The van der Waals surface area contributed by atoms with Crippen molar-refractivity contribution in [1.29, 1.82) is 0 Å². The average molecular weight is 333 g/mol. The maximum absolute atomic E-state index is 12.4. The molecule has 0 saturated heterocycles. The molecule has 22 heavy (non-hydrogen) atoms. The van der Waals surface area contributed by atoms with E-state index in [1.165, 1.54) is 17.5 Å². The average Bonchev–Trinajstić information content (AvgIpc) is 2.94. The van der Waals surface area contributed by atoms with Gasteiger partial charge in [0.25, 0.3) is 5.91 Å². The standard InChI is InChI=1S/C16H13ClN2O2S/c1-9(13-6-7-14(17)22-13)19-16(21)11-8-18-12-5-3-2-4-10(12)15(11)20/h2-9H,1H3,(H,18,20)(H,19,21)/t9-/m0/s1. The van der Waals surface area contributed by atoms with Crippen LogP contribution in [0, 0.1) is 0 Å². The molecule has 0 aliphatic carbocycles. The molecule has 2 aromatic heterocycles. The molecule has 0 unspecified atom stereocenters. The first-order chi connectivity index (χ1) is 10.6. The van der Waals surface area contributed by atoms with Crippen molar-refractivity contribution in [2.24, 2.45) is 0 Å². The van der Waals surface area contributed by atoms with E-state index in [1.807, 2.05) is 19.1 Å². The molecule has 112 valence electrons. The Morgan fingerprint density at radius 3 is 2.77 bits per heavy atom. The van der Waals surface area contributed by atoms with Gasteiger partial charge in [-0.05, 0) is 31.2 Å². The van der Waals surface area contributed by atoms with Crippen LogP contribution in [0.3, 0.4) is 0 Å². The minimum atomic E-state index is -0.399. The van der Waals surface area contributed by atoms with E-state index in [4.69, 9.17) is 11.6 Å². The number of pyridine rings is 1. The molecule has 2 N–H and O–H groups in total.